The first-order valence-electron chi connectivity index (χ1n) is 44.4. The van der Waals surface area contributed by atoms with Crippen LogP contribution in [0, 0.1) is 0 Å². The molecule has 0 saturated heterocycles. The average Bonchev–Trinajstić information content (AvgIpc) is 1.52. The first-order chi connectivity index (χ1) is 48.6. The van der Waals surface area contributed by atoms with E-state index in [0.29, 0.717) is 0 Å². The normalized spacial score (nSPS) is 14.0. The summed E-state index contributed by atoms with van der Waals surface area (Å²) in [5, 5.41) is 20.6. The van der Waals surface area contributed by atoms with Gasteiger partial charge in [0.2, 0.25) is 0 Å². The molecule has 2 aliphatic rings. The molecule has 0 N–H and O–H groups in total. The molecule has 2 aliphatic carbocycles. The molecule has 0 spiro atoms. The third kappa shape index (κ3) is 24.8. The van der Waals surface area contributed by atoms with Crippen LogP contribution in [0.2, 0.25) is 28.1 Å². The minimum absolute atomic E-state index is 0.126. The van der Waals surface area contributed by atoms with Crippen molar-refractivity contribution in [1.29, 1.82) is 0 Å². The Morgan fingerprint density at radius 1 is 0.253 bits per heavy atom. The maximum atomic E-state index is 6.31. The van der Waals surface area contributed by atoms with Crippen molar-refractivity contribution in [2.45, 2.75) is 460 Å². The summed E-state index contributed by atoms with van der Waals surface area (Å²) in [7, 11) is 0. The number of hydrogen-bond acceptors (Lipinski definition) is 6. The Labute approximate surface area is 619 Å². The van der Waals surface area contributed by atoms with Crippen molar-refractivity contribution in [1.82, 2.24) is 20.6 Å². The number of nitrogens with zero attached hydrogens (tertiary/aromatic N) is 4. The topological polar surface area (TPSA) is 77.8 Å². The van der Waals surface area contributed by atoms with E-state index in [1.54, 1.807) is 25.8 Å². The van der Waals surface area contributed by atoms with Gasteiger partial charge in [0.05, 0.1) is 0 Å². The van der Waals surface area contributed by atoms with Gasteiger partial charge < -0.3 is 0 Å². The van der Waals surface area contributed by atoms with E-state index < -0.39 is 36.8 Å². The van der Waals surface area contributed by atoms with Gasteiger partial charge in [-0.15, -0.1) is 0 Å². The molecule has 0 fully saturated rings. The first kappa shape index (κ1) is 84.3. The van der Waals surface area contributed by atoms with Gasteiger partial charge >= 0.3 is 468 Å². The molecule has 0 bridgehead atoms. The molecule has 2 aromatic heterocycles. The number of unbranched alkanes of at least 4 members (excludes halogenated alkanes) is 47. The van der Waals surface area contributed by atoms with E-state index in [1.165, 1.54) is 412 Å². The van der Waals surface area contributed by atoms with E-state index in [9.17, 15) is 0 Å². The summed E-state index contributed by atoms with van der Waals surface area (Å²) in [5.74, 6) is 0. The molecule has 0 amide bonds. The SMILES string of the molecule is CCCCCCCCCCCCCCC1(CCCCCCCCCCCCCC)c2cc3c(cc2-c2c1c[c]([Sn]([CH3])([CH3])[CH3])c1nonc21)C(CCCCCCCCCCCCCC)(CCCCCCCCCCCCCC)c1c[c]([Sn]([CH2]CCC)([CH2]CCC)[CH2]CCC)c2nonc2c1-3. The van der Waals surface area contributed by atoms with Gasteiger partial charge in [0.1, 0.15) is 0 Å². The quantitative estimate of drug-likeness (QED) is 0.0285. The fourth-order valence-electron chi connectivity index (χ4n) is 19.0. The molecule has 0 aliphatic heterocycles. The van der Waals surface area contributed by atoms with E-state index in [-0.39, 0.29) is 10.8 Å². The molecule has 3 aromatic carbocycles. The fourth-order valence-corrected chi connectivity index (χ4v) is 39.6. The van der Waals surface area contributed by atoms with Crippen LogP contribution in [-0.4, -0.2) is 57.4 Å². The summed E-state index contributed by atoms with van der Waals surface area (Å²) in [6, 6.07) is 11.4. The van der Waals surface area contributed by atoms with Crippen LogP contribution in [0.5, 0.6) is 0 Å². The molecule has 99 heavy (non-hydrogen) atoms. The Hall–Kier alpha value is -1.94. The van der Waals surface area contributed by atoms with Crippen LogP contribution in [0.4, 0.5) is 0 Å². The fraction of sp³-hybridized carbons (Fsp3) is 0.802. The number of hydrogen-bond donors (Lipinski definition) is 0. The van der Waals surface area contributed by atoms with Crippen molar-refractivity contribution < 1.29 is 9.26 Å². The van der Waals surface area contributed by atoms with Crippen molar-refractivity contribution in [2.24, 2.45) is 0 Å². The third-order valence-electron chi connectivity index (χ3n) is 25.1. The maximum absolute atomic E-state index is 6.31. The molecule has 0 unspecified atom stereocenters. The van der Waals surface area contributed by atoms with Crippen molar-refractivity contribution in [3.63, 3.8) is 0 Å². The van der Waals surface area contributed by atoms with E-state index in [2.05, 4.69) is 87.6 Å². The molecular weight excluding hydrogens is 1420 g/mol. The summed E-state index contributed by atoms with van der Waals surface area (Å²) < 4.78 is 19.8. The molecular formula is C91H156N4O2Sn2. The van der Waals surface area contributed by atoms with Gasteiger partial charge in [0, 0.05) is 0 Å². The van der Waals surface area contributed by atoms with Crippen LogP contribution < -0.4 is 7.16 Å². The van der Waals surface area contributed by atoms with Crippen LogP contribution in [0.25, 0.3) is 44.3 Å². The van der Waals surface area contributed by atoms with Crippen LogP contribution in [0.3, 0.4) is 0 Å². The molecule has 7 rings (SSSR count). The van der Waals surface area contributed by atoms with Gasteiger partial charge in [-0.1, -0.05) is 156 Å². The van der Waals surface area contributed by atoms with Crippen LogP contribution in [0.15, 0.2) is 33.5 Å². The van der Waals surface area contributed by atoms with Gasteiger partial charge in [-0.2, -0.15) is 0 Å². The molecule has 5 aromatic rings. The Kier molecular flexibility index (Phi) is 40.5. The number of benzene rings is 3. The Balaban J connectivity index is 1.37. The van der Waals surface area contributed by atoms with Crippen LogP contribution >= 0.6 is 0 Å². The summed E-state index contributed by atoms with van der Waals surface area (Å²) in [5.41, 5.74) is 16.3. The van der Waals surface area contributed by atoms with E-state index in [0.717, 1.165) is 22.1 Å². The van der Waals surface area contributed by atoms with E-state index >= 15 is 0 Å². The van der Waals surface area contributed by atoms with Gasteiger partial charge in [-0.25, -0.2) is 0 Å². The summed E-state index contributed by atoms with van der Waals surface area (Å²) >= 11 is -6.04. The molecule has 6 nitrogen and oxygen atoms in total. The zero-order valence-electron chi connectivity index (χ0n) is 67.0. The number of fused-ring (bicyclic) bond motifs is 10. The second kappa shape index (κ2) is 47.6. The zero-order valence-corrected chi connectivity index (χ0v) is 72.8. The molecule has 0 saturated carbocycles. The molecule has 0 radical (unpaired) electrons. The molecule has 0 atom stereocenters. The van der Waals surface area contributed by atoms with Gasteiger partial charge in [-0.3, -0.25) is 0 Å². The molecule has 560 valence electrons. The van der Waals surface area contributed by atoms with Crippen LogP contribution in [-0.2, 0) is 10.8 Å². The third-order valence-corrected chi connectivity index (χ3v) is 46.3. The van der Waals surface area contributed by atoms with Gasteiger partial charge in [0.15, 0.2) is 0 Å². The summed E-state index contributed by atoms with van der Waals surface area (Å²) in [6.07, 6.45) is 78.6. The molecule has 8 heteroatoms. The van der Waals surface area contributed by atoms with Crippen molar-refractivity contribution in [3.05, 3.63) is 46.5 Å². The second-order valence-corrected chi connectivity index (χ2v) is 61.6. The van der Waals surface area contributed by atoms with Crippen molar-refractivity contribution >= 4 is 66.0 Å². The predicted octanol–water partition coefficient (Wildman–Crippen LogP) is 30.3. The number of rotatable bonds is 63. The van der Waals surface area contributed by atoms with Crippen LogP contribution in [0.1, 0.15) is 443 Å². The standard InChI is InChI=1S/C76H120N4O2.3C4H9.3CH3.2Sn/c1-5-9-13-17-21-25-29-33-37-41-45-49-57-75(58-50-46-42-38-34-30-26-22-18-14-10-6-2)65-53-55-69-73(79-81-77-69)71(65)63-62-68-64(61-67(63)75)72-66(54-56-70-74(72)80-82-78-70)76(68,59-51-47-43-39-35-31-27-23-19-15-11-7-3)60-52-48-44-40-36-32-28-24-20-16-12-8-4;3*1-3-4-2;;;;;/h53-54,61-62H,5-52,57-60H2,1-4H3;3*1,3-4H2,2H3;3*1H3;;. The summed E-state index contributed by atoms with van der Waals surface area (Å²) in [4.78, 5) is 7.81. The first-order valence-corrected chi connectivity index (χ1v) is 61.8. The van der Waals surface area contributed by atoms with Crippen molar-refractivity contribution in [3.8, 4) is 22.3 Å². The van der Waals surface area contributed by atoms with Gasteiger partial charge in [0.25, 0.3) is 0 Å². The Bertz CT molecular complexity index is 2870. The average molecular weight is 1580 g/mol. The van der Waals surface area contributed by atoms with E-state index in [4.69, 9.17) is 29.9 Å². The summed E-state index contributed by atoms with van der Waals surface area (Å²) in [6.45, 7) is 16.7. The van der Waals surface area contributed by atoms with Crippen molar-refractivity contribution in [2.75, 3.05) is 0 Å². The Morgan fingerprint density at radius 3 is 0.727 bits per heavy atom. The zero-order chi connectivity index (χ0) is 70.3. The monoisotopic (exact) mass is 1580 g/mol. The van der Waals surface area contributed by atoms with Gasteiger partial charge in [-0.05, 0) is 0 Å². The molecule has 2 heterocycles. The minimum atomic E-state index is -3.19. The number of aromatic nitrogens is 4. The predicted molar refractivity (Wildman–Crippen MR) is 440 cm³/mol. The van der Waals surface area contributed by atoms with E-state index in [1.807, 2.05) is 0 Å². The Morgan fingerprint density at radius 2 is 0.475 bits per heavy atom. The second-order valence-electron chi connectivity index (χ2n) is 34.1.